The van der Waals surface area contributed by atoms with E-state index in [-0.39, 0.29) is 42.0 Å². The minimum absolute atomic E-state index is 0.0276. The zero-order valence-corrected chi connectivity index (χ0v) is 23.9. The maximum Gasteiger partial charge on any atom is 0.320 e. The highest BCUT2D eigenvalue weighted by molar-refractivity contribution is 6.07. The molecule has 0 aromatic rings. The predicted octanol–water partition coefficient (Wildman–Crippen LogP) is 2.35. The standard InChI is InChI=1S/C28H47NO8/c1-10-21(31)28(7)20-13-19(30)14(2)11-15(3)23(17(5)24(33)27(20,6)26(34)37-28)36-25-22(32)18(29(8)9)12-16(4)35-25/h14-18,20-23,25,31-32H,10-13H2,1-9H3/t14-,15-,16-,17-,18+,20-,21+,22+,23-,25+,27+,28-/m1/s1. The number of ketones is 2. The molecule has 1 saturated carbocycles. The third-order valence-electron chi connectivity index (χ3n) is 9.40. The first kappa shape index (κ1) is 30.2. The molecule has 0 amide bonds. The molecule has 2 saturated heterocycles. The molecule has 2 N–H and O–H groups in total. The number of esters is 1. The van der Waals surface area contributed by atoms with Gasteiger partial charge in [0.2, 0.25) is 0 Å². The lowest BCUT2D eigenvalue weighted by molar-refractivity contribution is -0.278. The highest BCUT2D eigenvalue weighted by atomic mass is 16.7. The Hall–Kier alpha value is -1.39. The van der Waals surface area contributed by atoms with Gasteiger partial charge in [-0.2, -0.15) is 0 Å². The van der Waals surface area contributed by atoms with E-state index in [1.807, 2.05) is 39.8 Å². The number of rotatable bonds is 5. The van der Waals surface area contributed by atoms with Crippen molar-refractivity contribution in [3.8, 4) is 0 Å². The molecule has 3 aliphatic rings. The third kappa shape index (κ3) is 5.26. The number of hydrogen-bond acceptors (Lipinski definition) is 9. The zero-order chi connectivity index (χ0) is 28.0. The van der Waals surface area contributed by atoms with E-state index in [9.17, 15) is 24.6 Å². The second kappa shape index (κ2) is 11.0. The molecule has 2 heterocycles. The van der Waals surface area contributed by atoms with Crippen LogP contribution in [0.4, 0.5) is 0 Å². The summed E-state index contributed by atoms with van der Waals surface area (Å²) >= 11 is 0. The molecular weight excluding hydrogens is 478 g/mol. The first-order valence-electron chi connectivity index (χ1n) is 13.7. The summed E-state index contributed by atoms with van der Waals surface area (Å²) in [6, 6.07) is -0.182. The Morgan fingerprint density at radius 2 is 1.73 bits per heavy atom. The van der Waals surface area contributed by atoms with E-state index < -0.39 is 53.4 Å². The first-order valence-corrected chi connectivity index (χ1v) is 13.7. The van der Waals surface area contributed by atoms with Crippen molar-refractivity contribution in [2.45, 2.75) is 116 Å². The van der Waals surface area contributed by atoms with Gasteiger partial charge in [-0.15, -0.1) is 0 Å². The average molecular weight is 526 g/mol. The van der Waals surface area contributed by atoms with E-state index in [1.54, 1.807) is 27.7 Å². The summed E-state index contributed by atoms with van der Waals surface area (Å²) in [5.41, 5.74) is -2.98. The van der Waals surface area contributed by atoms with Crippen molar-refractivity contribution >= 4 is 17.5 Å². The lowest BCUT2D eigenvalue weighted by Gasteiger charge is -2.45. The van der Waals surface area contributed by atoms with E-state index in [1.165, 1.54) is 0 Å². The van der Waals surface area contributed by atoms with Crippen molar-refractivity contribution in [2.75, 3.05) is 14.1 Å². The summed E-state index contributed by atoms with van der Waals surface area (Å²) in [5.74, 6) is -3.31. The quantitative estimate of drug-likeness (QED) is 0.411. The lowest BCUT2D eigenvalue weighted by atomic mass is 9.61. The molecule has 0 unspecified atom stereocenters. The number of nitrogens with zero attached hydrogens (tertiary/aromatic N) is 1. The van der Waals surface area contributed by atoms with Crippen LogP contribution >= 0.6 is 0 Å². The molecule has 212 valence electrons. The Morgan fingerprint density at radius 3 is 2.30 bits per heavy atom. The molecule has 9 heteroatoms. The normalized spacial score (nSPS) is 46.5. The number of Topliss-reactive ketones (excluding diaryl/α,β-unsaturated/α-hetero) is 2. The van der Waals surface area contributed by atoms with Crippen LogP contribution in [0.3, 0.4) is 0 Å². The second-order valence-corrected chi connectivity index (χ2v) is 12.4. The van der Waals surface area contributed by atoms with Gasteiger partial charge in [-0.25, -0.2) is 0 Å². The van der Waals surface area contributed by atoms with Crippen molar-refractivity contribution in [1.29, 1.82) is 0 Å². The van der Waals surface area contributed by atoms with Crippen LogP contribution in [0.5, 0.6) is 0 Å². The van der Waals surface area contributed by atoms with E-state index in [0.29, 0.717) is 19.3 Å². The summed E-state index contributed by atoms with van der Waals surface area (Å²) in [6.07, 6.45) is -2.38. The van der Waals surface area contributed by atoms with Gasteiger partial charge in [0.05, 0.1) is 18.3 Å². The number of ether oxygens (including phenoxy) is 3. The third-order valence-corrected chi connectivity index (χ3v) is 9.40. The van der Waals surface area contributed by atoms with Gasteiger partial charge in [0, 0.05) is 30.2 Å². The topological polar surface area (TPSA) is 123 Å². The summed E-state index contributed by atoms with van der Waals surface area (Å²) in [6.45, 7) is 12.4. The van der Waals surface area contributed by atoms with Gasteiger partial charge in [-0.3, -0.25) is 14.4 Å². The Kier molecular flexibility index (Phi) is 8.97. The molecule has 1 aliphatic carbocycles. The number of likely N-dealkylation sites (N-methyl/N-ethyl adjacent to an activating group) is 1. The molecule has 3 rings (SSSR count). The molecule has 0 bridgehead atoms. The van der Waals surface area contributed by atoms with E-state index >= 15 is 0 Å². The van der Waals surface area contributed by atoms with Gasteiger partial charge in [-0.1, -0.05) is 27.7 Å². The van der Waals surface area contributed by atoms with Crippen LogP contribution in [0.2, 0.25) is 0 Å². The maximum atomic E-state index is 14.2. The Balaban J connectivity index is 2.03. The van der Waals surface area contributed by atoms with E-state index in [4.69, 9.17) is 14.2 Å². The number of carbonyl (C=O) groups excluding carboxylic acids is 3. The van der Waals surface area contributed by atoms with Crippen LogP contribution < -0.4 is 0 Å². The van der Waals surface area contributed by atoms with Crippen molar-refractivity contribution in [1.82, 2.24) is 4.90 Å². The van der Waals surface area contributed by atoms with Crippen LogP contribution in [-0.2, 0) is 28.6 Å². The van der Waals surface area contributed by atoms with Gasteiger partial charge in [0.1, 0.15) is 22.9 Å². The fourth-order valence-corrected chi connectivity index (χ4v) is 6.88. The number of fused-ring (bicyclic) bond motifs is 1. The molecule has 12 atom stereocenters. The smallest absolute Gasteiger partial charge is 0.320 e. The monoisotopic (exact) mass is 525 g/mol. The highest BCUT2D eigenvalue weighted by Gasteiger charge is 2.67. The van der Waals surface area contributed by atoms with Crippen molar-refractivity contribution in [2.24, 2.45) is 29.1 Å². The van der Waals surface area contributed by atoms with Gasteiger partial charge >= 0.3 is 5.97 Å². The fourth-order valence-electron chi connectivity index (χ4n) is 6.88. The van der Waals surface area contributed by atoms with E-state index in [0.717, 1.165) is 0 Å². The Morgan fingerprint density at radius 1 is 1.11 bits per heavy atom. The van der Waals surface area contributed by atoms with Gasteiger partial charge < -0.3 is 29.3 Å². The molecule has 0 aromatic carbocycles. The van der Waals surface area contributed by atoms with Crippen LogP contribution in [0, 0.1) is 29.1 Å². The average Bonchev–Trinajstić information content (AvgIpc) is 3.03. The second-order valence-electron chi connectivity index (χ2n) is 12.4. The predicted molar refractivity (Wildman–Crippen MR) is 136 cm³/mol. The SMILES string of the molecule is CC[C@H](O)[C@]1(C)OC(=O)[C@]2(C)C(=O)[C@H](C)[C@H](O[C@@H]3O[C@H](C)C[C@H](N(C)C)[C@@H]3O)[C@H](C)C[C@@H](C)C(=O)C[C@H]21. The molecule has 0 spiro atoms. The summed E-state index contributed by atoms with van der Waals surface area (Å²) in [5, 5.41) is 21.9. The van der Waals surface area contributed by atoms with Crippen LogP contribution in [-0.4, -0.2) is 89.1 Å². The first-order chi connectivity index (χ1) is 17.1. The minimum atomic E-state index is -1.62. The molecule has 0 aromatic heterocycles. The molecular formula is C28H47NO8. The lowest BCUT2D eigenvalue weighted by Crippen LogP contribution is -2.57. The molecule has 3 fully saturated rings. The van der Waals surface area contributed by atoms with Crippen molar-refractivity contribution < 1.29 is 38.8 Å². The van der Waals surface area contributed by atoms with Crippen molar-refractivity contribution in [3.05, 3.63) is 0 Å². The molecule has 9 nitrogen and oxygen atoms in total. The minimum Gasteiger partial charge on any atom is -0.455 e. The van der Waals surface area contributed by atoms with Gasteiger partial charge in [0.15, 0.2) is 12.1 Å². The number of aliphatic hydroxyl groups is 2. The number of hydrogen-bond donors (Lipinski definition) is 2. The van der Waals surface area contributed by atoms with Crippen molar-refractivity contribution in [3.63, 3.8) is 0 Å². The number of carbonyl (C=O) groups is 3. The number of aliphatic hydroxyl groups excluding tert-OH is 2. The van der Waals surface area contributed by atoms with Gasteiger partial charge in [0.25, 0.3) is 0 Å². The van der Waals surface area contributed by atoms with Crippen LogP contribution in [0.25, 0.3) is 0 Å². The molecule has 0 radical (unpaired) electrons. The zero-order valence-electron chi connectivity index (χ0n) is 23.9. The van der Waals surface area contributed by atoms with Gasteiger partial charge in [-0.05, 0) is 60.0 Å². The van der Waals surface area contributed by atoms with Crippen LogP contribution in [0.15, 0.2) is 0 Å². The fraction of sp³-hybridized carbons (Fsp3) is 0.893. The Labute approximate surface area is 221 Å². The summed E-state index contributed by atoms with van der Waals surface area (Å²) in [4.78, 5) is 42.9. The maximum absolute atomic E-state index is 14.2. The molecule has 37 heavy (non-hydrogen) atoms. The summed E-state index contributed by atoms with van der Waals surface area (Å²) < 4.78 is 18.2. The van der Waals surface area contributed by atoms with Crippen LogP contribution in [0.1, 0.15) is 74.1 Å². The largest absolute Gasteiger partial charge is 0.455 e. The Bertz CT molecular complexity index is 878. The summed E-state index contributed by atoms with van der Waals surface area (Å²) in [7, 11) is 3.78. The highest BCUT2D eigenvalue weighted by Crippen LogP contribution is 2.53. The number of cyclic esters (lactones) is 1. The molecule has 2 aliphatic heterocycles. The van der Waals surface area contributed by atoms with E-state index in [2.05, 4.69) is 0 Å².